The summed E-state index contributed by atoms with van der Waals surface area (Å²) in [7, 11) is 0. The number of amides is 1. The van der Waals surface area contributed by atoms with Gasteiger partial charge < -0.3 is 50.5 Å². The number of hydrogen-bond acceptors (Lipinski definition) is 10. The molecule has 11 nitrogen and oxygen atoms in total. The molecule has 1 saturated heterocycles. The maximum absolute atomic E-state index is 13.2. The van der Waals surface area contributed by atoms with E-state index in [4.69, 9.17) is 9.47 Å². The SMILES string of the molecule is CCCCCCCCCCCCCC/C=C\CCCCCCCCCCCCCCC(O)C(=O)NC(COC1OC(CO)C(O)C(O)C1O)C(O)C(O)CCCCCCCCCCCCCCCCCCCCCCCCC. The third-order valence-electron chi connectivity index (χ3n) is 16.8. The highest BCUT2D eigenvalue weighted by Crippen LogP contribution is 2.24. The van der Waals surface area contributed by atoms with E-state index in [-0.39, 0.29) is 6.42 Å². The van der Waals surface area contributed by atoms with Crippen LogP contribution in [-0.2, 0) is 14.3 Å². The van der Waals surface area contributed by atoms with Gasteiger partial charge in [-0.15, -0.1) is 0 Å². The molecular weight excluding hydrogens is 979 g/mol. The minimum atomic E-state index is -1.66. The molecule has 0 spiro atoms. The van der Waals surface area contributed by atoms with Crippen molar-refractivity contribution in [3.05, 3.63) is 12.2 Å². The monoisotopic (exact) mass is 1110 g/mol. The molecule has 9 unspecified atom stereocenters. The Morgan fingerprint density at radius 1 is 0.436 bits per heavy atom. The van der Waals surface area contributed by atoms with Crippen molar-refractivity contribution >= 4 is 5.91 Å². The number of carbonyl (C=O) groups is 1. The summed E-state index contributed by atoms with van der Waals surface area (Å²) in [5, 5.41) is 76.5. The number of rotatable bonds is 60. The zero-order chi connectivity index (χ0) is 56.8. The molecule has 0 aromatic rings. The van der Waals surface area contributed by atoms with Gasteiger partial charge in [0.25, 0.3) is 0 Å². The summed E-state index contributed by atoms with van der Waals surface area (Å²) in [6.07, 6.45) is 57.1. The molecule has 0 saturated carbocycles. The Morgan fingerprint density at radius 3 is 1.08 bits per heavy atom. The summed E-state index contributed by atoms with van der Waals surface area (Å²) < 4.78 is 11.2. The van der Waals surface area contributed by atoms with Gasteiger partial charge in [0.1, 0.15) is 36.6 Å². The predicted molar refractivity (Wildman–Crippen MR) is 326 cm³/mol. The van der Waals surface area contributed by atoms with Gasteiger partial charge >= 0.3 is 0 Å². The first-order chi connectivity index (χ1) is 38.2. The Labute approximate surface area is 481 Å². The van der Waals surface area contributed by atoms with Gasteiger partial charge in [0.15, 0.2) is 6.29 Å². The van der Waals surface area contributed by atoms with Crippen LogP contribution in [-0.4, -0.2) is 110 Å². The van der Waals surface area contributed by atoms with Gasteiger partial charge in [-0.3, -0.25) is 4.79 Å². The van der Waals surface area contributed by atoms with Gasteiger partial charge in [-0.05, 0) is 38.5 Å². The minimum Gasteiger partial charge on any atom is -0.394 e. The summed E-state index contributed by atoms with van der Waals surface area (Å²) in [5.41, 5.74) is 0. The predicted octanol–water partition coefficient (Wildman–Crippen LogP) is 15.9. The van der Waals surface area contributed by atoms with E-state index in [1.165, 1.54) is 263 Å². The van der Waals surface area contributed by atoms with Crippen LogP contribution >= 0.6 is 0 Å². The van der Waals surface area contributed by atoms with Crippen LogP contribution in [0, 0.1) is 0 Å². The number of nitrogens with one attached hydrogen (secondary N) is 1. The molecule has 0 aromatic carbocycles. The summed E-state index contributed by atoms with van der Waals surface area (Å²) in [6, 6.07) is -1.17. The Kier molecular flexibility index (Phi) is 54.1. The van der Waals surface area contributed by atoms with Gasteiger partial charge in [-0.1, -0.05) is 315 Å². The molecule has 1 amide bonds. The van der Waals surface area contributed by atoms with Crippen LogP contribution in [0.15, 0.2) is 12.2 Å². The third kappa shape index (κ3) is 43.5. The molecule has 1 rings (SSSR count). The van der Waals surface area contributed by atoms with Crippen molar-refractivity contribution in [2.75, 3.05) is 13.2 Å². The molecule has 0 aromatic heterocycles. The largest absolute Gasteiger partial charge is 0.394 e. The highest BCUT2D eigenvalue weighted by Gasteiger charge is 2.44. The van der Waals surface area contributed by atoms with E-state index in [9.17, 15) is 40.5 Å². The van der Waals surface area contributed by atoms with Crippen LogP contribution in [0.4, 0.5) is 0 Å². The van der Waals surface area contributed by atoms with Crippen molar-refractivity contribution in [3.63, 3.8) is 0 Å². The summed E-state index contributed by atoms with van der Waals surface area (Å²) in [5.74, 6) is -0.690. The van der Waals surface area contributed by atoms with Gasteiger partial charge in [-0.25, -0.2) is 0 Å². The lowest BCUT2D eigenvalue weighted by Gasteiger charge is -2.40. The van der Waals surface area contributed by atoms with Crippen molar-refractivity contribution in [2.45, 2.75) is 396 Å². The van der Waals surface area contributed by atoms with Gasteiger partial charge in [0, 0.05) is 0 Å². The average molecular weight is 1110 g/mol. The van der Waals surface area contributed by atoms with E-state index in [0.717, 1.165) is 38.5 Å². The zero-order valence-electron chi connectivity index (χ0n) is 51.2. The molecule has 78 heavy (non-hydrogen) atoms. The van der Waals surface area contributed by atoms with E-state index < -0.39 is 74.2 Å². The molecule has 1 aliphatic rings. The lowest BCUT2D eigenvalue weighted by Crippen LogP contribution is -2.60. The van der Waals surface area contributed by atoms with E-state index in [1.54, 1.807) is 0 Å². The van der Waals surface area contributed by atoms with Gasteiger partial charge in [0.05, 0.1) is 25.4 Å². The highest BCUT2D eigenvalue weighted by atomic mass is 16.7. The molecule has 9 atom stereocenters. The van der Waals surface area contributed by atoms with E-state index in [2.05, 4.69) is 31.3 Å². The fourth-order valence-corrected chi connectivity index (χ4v) is 11.3. The Bertz CT molecular complexity index is 1270. The van der Waals surface area contributed by atoms with Crippen LogP contribution in [0.5, 0.6) is 0 Å². The average Bonchev–Trinajstić information content (AvgIpc) is 3.46. The number of ether oxygens (including phenoxy) is 2. The van der Waals surface area contributed by atoms with Crippen LogP contribution in [0.3, 0.4) is 0 Å². The summed E-state index contributed by atoms with van der Waals surface area (Å²) >= 11 is 0. The molecule has 0 radical (unpaired) electrons. The second-order valence-corrected chi connectivity index (χ2v) is 24.3. The minimum absolute atomic E-state index is 0.263. The number of aliphatic hydroxyl groups is 7. The van der Waals surface area contributed by atoms with Crippen LogP contribution in [0.2, 0.25) is 0 Å². The molecule has 0 aliphatic carbocycles. The normalized spacial score (nSPS) is 19.4. The number of hydrogen-bond donors (Lipinski definition) is 8. The molecule has 1 fully saturated rings. The van der Waals surface area contributed by atoms with Crippen molar-refractivity contribution < 1.29 is 50.0 Å². The van der Waals surface area contributed by atoms with Gasteiger partial charge in [-0.2, -0.15) is 0 Å². The van der Waals surface area contributed by atoms with Gasteiger partial charge in [0.2, 0.25) is 5.91 Å². The highest BCUT2D eigenvalue weighted by molar-refractivity contribution is 5.80. The molecule has 11 heteroatoms. The topological polar surface area (TPSA) is 189 Å². The van der Waals surface area contributed by atoms with Crippen LogP contribution in [0.1, 0.15) is 341 Å². The first kappa shape index (κ1) is 74.9. The van der Waals surface area contributed by atoms with Crippen molar-refractivity contribution in [1.29, 1.82) is 0 Å². The Hall–Kier alpha value is -1.15. The molecular formula is C67H131NO10. The van der Waals surface area contributed by atoms with Crippen molar-refractivity contribution in [2.24, 2.45) is 0 Å². The van der Waals surface area contributed by atoms with Crippen LogP contribution in [0.25, 0.3) is 0 Å². The van der Waals surface area contributed by atoms with Crippen molar-refractivity contribution in [1.82, 2.24) is 5.32 Å². The lowest BCUT2D eigenvalue weighted by atomic mass is 9.98. The number of allylic oxidation sites excluding steroid dienone is 2. The molecule has 0 bridgehead atoms. The second kappa shape index (κ2) is 56.3. The maximum atomic E-state index is 13.2. The fourth-order valence-electron chi connectivity index (χ4n) is 11.3. The number of aliphatic hydroxyl groups excluding tert-OH is 7. The van der Waals surface area contributed by atoms with E-state index >= 15 is 0 Å². The number of carbonyl (C=O) groups excluding carboxylic acids is 1. The quantitative estimate of drug-likeness (QED) is 0.0215. The van der Waals surface area contributed by atoms with Crippen LogP contribution < -0.4 is 5.32 Å². The smallest absolute Gasteiger partial charge is 0.249 e. The third-order valence-corrected chi connectivity index (χ3v) is 16.8. The Morgan fingerprint density at radius 2 is 0.744 bits per heavy atom. The standard InChI is InChI=1S/C67H131NO10/c1-3-5-7-9-11-13-15-17-19-21-23-25-27-28-29-30-31-33-35-37-39-41-43-45-47-49-51-53-55-60(71)66(76)68-58(57-77-67-65(75)64(74)63(73)61(56-69)78-67)62(72)59(70)54-52-50-48-46-44-42-40-38-36-34-32-26-24-22-20-18-16-14-12-10-8-6-4-2/h28-29,58-65,67,69-75H,3-27,30-57H2,1-2H3,(H,68,76)/b29-28-. The Balaban J connectivity index is 2.21. The first-order valence-corrected chi connectivity index (χ1v) is 34.1. The maximum Gasteiger partial charge on any atom is 0.249 e. The van der Waals surface area contributed by atoms with E-state index in [0.29, 0.717) is 19.3 Å². The van der Waals surface area contributed by atoms with E-state index in [1.807, 2.05) is 0 Å². The molecule has 464 valence electrons. The first-order valence-electron chi connectivity index (χ1n) is 34.1. The molecule has 8 N–H and O–H groups in total. The summed E-state index contributed by atoms with van der Waals surface area (Å²) in [6.45, 7) is 3.52. The second-order valence-electron chi connectivity index (χ2n) is 24.3. The van der Waals surface area contributed by atoms with Crippen molar-refractivity contribution in [3.8, 4) is 0 Å². The zero-order valence-corrected chi connectivity index (χ0v) is 51.2. The lowest BCUT2D eigenvalue weighted by molar-refractivity contribution is -0.303. The summed E-state index contributed by atoms with van der Waals surface area (Å²) in [4.78, 5) is 13.2. The molecule has 1 aliphatic heterocycles. The molecule has 1 heterocycles. The fraction of sp³-hybridized carbons (Fsp3) is 0.955. The number of unbranched alkanes of at least 4 members (excludes halogenated alkanes) is 46.